The number of phenolic OH excluding ortho intramolecular Hbond substituents is 1. The van der Waals surface area contributed by atoms with E-state index < -0.39 is 41.8 Å². The Labute approximate surface area is 104 Å². The van der Waals surface area contributed by atoms with E-state index in [-0.39, 0.29) is 6.42 Å². The van der Waals surface area contributed by atoms with E-state index in [4.69, 9.17) is 0 Å². The van der Waals surface area contributed by atoms with E-state index >= 15 is 0 Å². The van der Waals surface area contributed by atoms with Crippen molar-refractivity contribution in [3.63, 3.8) is 0 Å². The highest BCUT2D eigenvalue weighted by atomic mass is 19.1. The first-order valence-corrected chi connectivity index (χ1v) is 5.51. The largest absolute Gasteiger partial charge is 0.507 e. The number of carbonyl (C=O) groups excluding carboxylic acids is 1. The first-order chi connectivity index (χ1) is 8.49. The number of halogens is 1. The van der Waals surface area contributed by atoms with Crippen molar-refractivity contribution >= 4 is 5.91 Å². The standard InChI is InChI=1S/C12H16FNO4/c1-2-12(6-15,7-16)14-11(18)10-8(13)4-3-5-9(10)17/h3-5,15-17H,2,6-7H2,1H3,(H,14,18). The number of aliphatic hydroxyl groups is 2. The number of hydrogen-bond acceptors (Lipinski definition) is 4. The van der Waals surface area contributed by atoms with Crippen LogP contribution in [0.2, 0.25) is 0 Å². The van der Waals surface area contributed by atoms with Crippen molar-refractivity contribution in [2.75, 3.05) is 13.2 Å². The maximum absolute atomic E-state index is 13.4. The lowest BCUT2D eigenvalue weighted by Crippen LogP contribution is -2.53. The number of benzene rings is 1. The molecule has 0 heterocycles. The molecule has 0 saturated carbocycles. The first kappa shape index (κ1) is 14.4. The number of aliphatic hydroxyl groups excluding tert-OH is 2. The molecule has 0 aromatic heterocycles. The molecule has 0 bridgehead atoms. The molecule has 1 rings (SSSR count). The summed E-state index contributed by atoms with van der Waals surface area (Å²) >= 11 is 0. The molecule has 1 aromatic rings. The van der Waals surface area contributed by atoms with E-state index in [1.54, 1.807) is 6.92 Å². The van der Waals surface area contributed by atoms with Gasteiger partial charge >= 0.3 is 0 Å². The Hall–Kier alpha value is -1.66. The van der Waals surface area contributed by atoms with Crippen molar-refractivity contribution in [1.82, 2.24) is 5.32 Å². The molecule has 0 atom stereocenters. The van der Waals surface area contributed by atoms with Crippen LogP contribution >= 0.6 is 0 Å². The molecule has 4 N–H and O–H groups in total. The van der Waals surface area contributed by atoms with Gasteiger partial charge in [0, 0.05) is 0 Å². The topological polar surface area (TPSA) is 89.8 Å². The summed E-state index contributed by atoms with van der Waals surface area (Å²) in [5, 5.41) is 30.1. The second-order valence-electron chi connectivity index (χ2n) is 4.04. The predicted octanol–water partition coefficient (Wildman–Crippen LogP) is 0.395. The average Bonchev–Trinajstić information content (AvgIpc) is 2.36. The number of hydrogen-bond donors (Lipinski definition) is 4. The molecule has 0 spiro atoms. The van der Waals surface area contributed by atoms with E-state index in [0.29, 0.717) is 0 Å². The second-order valence-corrected chi connectivity index (χ2v) is 4.04. The number of carbonyl (C=O) groups is 1. The van der Waals surface area contributed by atoms with E-state index in [1.165, 1.54) is 12.1 Å². The van der Waals surface area contributed by atoms with Gasteiger partial charge in [-0.2, -0.15) is 0 Å². The molecule has 100 valence electrons. The van der Waals surface area contributed by atoms with E-state index in [2.05, 4.69) is 5.32 Å². The zero-order valence-corrected chi connectivity index (χ0v) is 9.98. The van der Waals surface area contributed by atoms with Crippen LogP contribution in [-0.4, -0.2) is 40.0 Å². The van der Waals surface area contributed by atoms with E-state index in [9.17, 15) is 24.5 Å². The van der Waals surface area contributed by atoms with Gasteiger partial charge in [-0.15, -0.1) is 0 Å². The van der Waals surface area contributed by atoms with Crippen LogP contribution in [0.15, 0.2) is 18.2 Å². The molecule has 1 amide bonds. The molecule has 0 saturated heterocycles. The Bertz CT molecular complexity index is 404. The van der Waals surface area contributed by atoms with Gasteiger partial charge in [0.05, 0.1) is 18.8 Å². The van der Waals surface area contributed by atoms with Crippen molar-refractivity contribution in [2.45, 2.75) is 18.9 Å². The number of aromatic hydroxyl groups is 1. The van der Waals surface area contributed by atoms with Crippen LogP contribution in [0.25, 0.3) is 0 Å². The van der Waals surface area contributed by atoms with E-state index in [1.807, 2.05) is 0 Å². The highest BCUT2D eigenvalue weighted by molar-refractivity contribution is 5.97. The summed E-state index contributed by atoms with van der Waals surface area (Å²) in [6.45, 7) is 0.690. The molecule has 0 aliphatic rings. The summed E-state index contributed by atoms with van der Waals surface area (Å²) in [6.07, 6.45) is 0.265. The quantitative estimate of drug-likeness (QED) is 0.614. The third-order valence-corrected chi connectivity index (χ3v) is 2.88. The van der Waals surface area contributed by atoms with Crippen molar-refractivity contribution in [3.05, 3.63) is 29.6 Å². The van der Waals surface area contributed by atoms with Crippen LogP contribution in [-0.2, 0) is 0 Å². The van der Waals surface area contributed by atoms with E-state index in [0.717, 1.165) is 6.07 Å². The summed E-state index contributed by atoms with van der Waals surface area (Å²) in [5.74, 6) is -2.24. The van der Waals surface area contributed by atoms with Crippen LogP contribution in [0.5, 0.6) is 5.75 Å². The molecule has 1 aromatic carbocycles. The Kier molecular flexibility index (Phi) is 4.63. The number of phenols is 1. The van der Waals surface area contributed by atoms with Gasteiger partial charge in [-0.1, -0.05) is 13.0 Å². The van der Waals surface area contributed by atoms with Gasteiger partial charge in [-0.3, -0.25) is 4.79 Å². The Morgan fingerprint density at radius 2 is 2.00 bits per heavy atom. The van der Waals surface area contributed by atoms with Crippen molar-refractivity contribution in [1.29, 1.82) is 0 Å². The van der Waals surface area contributed by atoms with Gasteiger partial charge in [0.15, 0.2) is 0 Å². The summed E-state index contributed by atoms with van der Waals surface area (Å²) in [7, 11) is 0. The minimum atomic E-state index is -1.23. The smallest absolute Gasteiger partial charge is 0.258 e. The number of rotatable bonds is 5. The van der Waals surface area contributed by atoms with Crippen LogP contribution in [0, 0.1) is 5.82 Å². The maximum Gasteiger partial charge on any atom is 0.258 e. The zero-order valence-electron chi connectivity index (χ0n) is 9.98. The highest BCUT2D eigenvalue weighted by Gasteiger charge is 2.30. The molecular weight excluding hydrogens is 241 g/mol. The normalized spacial score (nSPS) is 11.3. The van der Waals surface area contributed by atoms with Crippen molar-refractivity contribution in [3.8, 4) is 5.75 Å². The maximum atomic E-state index is 13.4. The average molecular weight is 257 g/mol. The lowest BCUT2D eigenvalue weighted by molar-refractivity contribution is 0.0647. The third-order valence-electron chi connectivity index (χ3n) is 2.88. The molecule has 0 aliphatic carbocycles. The zero-order chi connectivity index (χ0) is 13.8. The minimum Gasteiger partial charge on any atom is -0.507 e. The molecule has 0 aliphatic heterocycles. The molecule has 18 heavy (non-hydrogen) atoms. The Morgan fingerprint density at radius 1 is 1.39 bits per heavy atom. The molecule has 0 unspecified atom stereocenters. The second kappa shape index (κ2) is 5.79. The molecule has 0 radical (unpaired) electrons. The van der Waals surface area contributed by atoms with Crippen LogP contribution in [0.4, 0.5) is 4.39 Å². The Morgan fingerprint density at radius 3 is 2.44 bits per heavy atom. The third kappa shape index (κ3) is 2.77. The predicted molar refractivity (Wildman–Crippen MR) is 62.7 cm³/mol. The van der Waals surface area contributed by atoms with Crippen LogP contribution in [0.1, 0.15) is 23.7 Å². The summed E-state index contributed by atoms with van der Waals surface area (Å²) in [6, 6.07) is 3.50. The van der Waals surface area contributed by atoms with Gasteiger partial charge < -0.3 is 20.6 Å². The fourth-order valence-corrected chi connectivity index (χ4v) is 1.48. The molecule has 6 heteroatoms. The highest BCUT2D eigenvalue weighted by Crippen LogP contribution is 2.21. The molecule has 5 nitrogen and oxygen atoms in total. The first-order valence-electron chi connectivity index (χ1n) is 5.51. The van der Waals surface area contributed by atoms with Crippen molar-refractivity contribution < 1.29 is 24.5 Å². The van der Waals surface area contributed by atoms with Gasteiger partial charge in [-0.25, -0.2) is 4.39 Å². The molecule has 0 fully saturated rings. The van der Waals surface area contributed by atoms with Gasteiger partial charge in [-0.05, 0) is 18.6 Å². The number of amides is 1. The summed E-state index contributed by atoms with van der Waals surface area (Å²) in [5.41, 5.74) is -1.73. The van der Waals surface area contributed by atoms with Gasteiger partial charge in [0.2, 0.25) is 0 Å². The monoisotopic (exact) mass is 257 g/mol. The molecular formula is C12H16FNO4. The lowest BCUT2D eigenvalue weighted by atomic mass is 9.97. The number of nitrogens with one attached hydrogen (secondary N) is 1. The fourth-order valence-electron chi connectivity index (χ4n) is 1.48. The fraction of sp³-hybridized carbons (Fsp3) is 0.417. The van der Waals surface area contributed by atoms with Crippen LogP contribution < -0.4 is 5.32 Å². The van der Waals surface area contributed by atoms with Gasteiger partial charge in [0.1, 0.15) is 17.1 Å². The van der Waals surface area contributed by atoms with Crippen molar-refractivity contribution in [2.24, 2.45) is 0 Å². The Balaban J connectivity index is 3.02. The SMILES string of the molecule is CCC(CO)(CO)NC(=O)c1c(O)cccc1F. The van der Waals surface area contributed by atoms with Gasteiger partial charge in [0.25, 0.3) is 5.91 Å². The summed E-state index contributed by atoms with van der Waals surface area (Å²) in [4.78, 5) is 11.8. The van der Waals surface area contributed by atoms with Crippen LogP contribution in [0.3, 0.4) is 0 Å². The lowest BCUT2D eigenvalue weighted by Gasteiger charge is -2.29. The minimum absolute atomic E-state index is 0.265. The summed E-state index contributed by atoms with van der Waals surface area (Å²) < 4.78 is 13.4.